The molecule has 1 saturated carbocycles. The van der Waals surface area contributed by atoms with E-state index < -0.39 is 5.41 Å². The molecule has 0 spiro atoms. The maximum absolute atomic E-state index is 12.8. The van der Waals surface area contributed by atoms with Gasteiger partial charge in [-0.25, -0.2) is 0 Å². The molecule has 3 aromatic heterocycles. The van der Waals surface area contributed by atoms with Gasteiger partial charge in [-0.2, -0.15) is 4.98 Å². The largest absolute Gasteiger partial charge is 0.355 e. The van der Waals surface area contributed by atoms with Crippen molar-refractivity contribution in [2.45, 2.75) is 24.8 Å². The molecule has 0 unspecified atom stereocenters. The van der Waals surface area contributed by atoms with E-state index in [1.165, 1.54) is 0 Å². The van der Waals surface area contributed by atoms with Crippen LogP contribution in [0.15, 0.2) is 63.0 Å². The molecular formula is C20H16N4O3S. The number of amides is 1. The van der Waals surface area contributed by atoms with Crippen LogP contribution in [0.3, 0.4) is 0 Å². The fourth-order valence-electron chi connectivity index (χ4n) is 3.12. The van der Waals surface area contributed by atoms with Crippen LogP contribution in [-0.2, 0) is 16.8 Å². The third kappa shape index (κ3) is 3.01. The van der Waals surface area contributed by atoms with E-state index in [2.05, 4.69) is 20.6 Å². The fourth-order valence-corrected chi connectivity index (χ4v) is 3.79. The predicted octanol–water partition coefficient (Wildman–Crippen LogP) is 3.80. The molecule has 1 N–H and O–H groups in total. The van der Waals surface area contributed by atoms with Gasteiger partial charge in [-0.15, -0.1) is 11.3 Å². The van der Waals surface area contributed by atoms with Gasteiger partial charge >= 0.3 is 0 Å². The molecule has 28 heavy (non-hydrogen) atoms. The molecule has 8 heteroatoms. The smallest absolute Gasteiger partial charge is 0.246 e. The third-order valence-corrected chi connectivity index (χ3v) is 5.73. The van der Waals surface area contributed by atoms with E-state index in [0.29, 0.717) is 23.2 Å². The number of nitrogens with one attached hydrogen (secondary N) is 1. The SMILES string of the molecule is O=C(NCc1nc(-c2ccccc2)no1)C1(c2cc(-c3cccs3)on2)CC1. The first-order valence-corrected chi connectivity index (χ1v) is 9.80. The van der Waals surface area contributed by atoms with Crippen molar-refractivity contribution in [1.82, 2.24) is 20.6 Å². The molecule has 140 valence electrons. The van der Waals surface area contributed by atoms with Crippen molar-refractivity contribution in [3.63, 3.8) is 0 Å². The molecule has 0 atom stereocenters. The van der Waals surface area contributed by atoms with Gasteiger partial charge in [0, 0.05) is 11.6 Å². The van der Waals surface area contributed by atoms with Crippen LogP contribution in [0.1, 0.15) is 24.4 Å². The van der Waals surface area contributed by atoms with Gasteiger partial charge < -0.3 is 14.4 Å². The van der Waals surface area contributed by atoms with Crippen LogP contribution in [0.5, 0.6) is 0 Å². The Hall–Kier alpha value is -3.26. The van der Waals surface area contributed by atoms with E-state index in [-0.39, 0.29) is 12.5 Å². The minimum Gasteiger partial charge on any atom is -0.355 e. The second-order valence-corrected chi connectivity index (χ2v) is 7.64. The maximum atomic E-state index is 12.8. The van der Waals surface area contributed by atoms with Crippen LogP contribution in [0, 0.1) is 0 Å². The van der Waals surface area contributed by atoms with Crippen molar-refractivity contribution < 1.29 is 13.8 Å². The van der Waals surface area contributed by atoms with E-state index in [9.17, 15) is 4.79 Å². The quantitative estimate of drug-likeness (QED) is 0.536. The number of carbonyl (C=O) groups excluding carboxylic acids is 1. The molecule has 1 amide bonds. The minimum atomic E-state index is -0.624. The van der Waals surface area contributed by atoms with Crippen LogP contribution < -0.4 is 5.32 Å². The molecule has 5 rings (SSSR count). The van der Waals surface area contributed by atoms with Gasteiger partial charge in [-0.1, -0.05) is 46.7 Å². The molecular weight excluding hydrogens is 376 g/mol. The summed E-state index contributed by atoms with van der Waals surface area (Å²) >= 11 is 1.57. The van der Waals surface area contributed by atoms with Crippen molar-refractivity contribution in [1.29, 1.82) is 0 Å². The van der Waals surface area contributed by atoms with Crippen molar-refractivity contribution >= 4 is 17.2 Å². The average Bonchev–Trinajstić information content (AvgIpc) is 3.18. The van der Waals surface area contributed by atoms with Crippen molar-refractivity contribution in [2.24, 2.45) is 0 Å². The number of benzene rings is 1. The summed E-state index contributed by atoms with van der Waals surface area (Å²) in [6, 6.07) is 15.3. The summed E-state index contributed by atoms with van der Waals surface area (Å²) in [6.07, 6.45) is 1.49. The Morgan fingerprint density at radius 1 is 1.11 bits per heavy atom. The normalized spacial score (nSPS) is 14.7. The van der Waals surface area contributed by atoms with Gasteiger partial charge in [0.15, 0.2) is 5.76 Å². The standard InChI is InChI=1S/C20H16N4O3S/c25-19(21-12-17-22-18(24-27-17)13-5-2-1-3-6-13)20(8-9-20)16-11-14(26-23-16)15-7-4-10-28-15/h1-7,10-11H,8-9,12H2,(H,21,25). The summed E-state index contributed by atoms with van der Waals surface area (Å²) in [7, 11) is 0. The lowest BCUT2D eigenvalue weighted by Gasteiger charge is -2.10. The zero-order valence-corrected chi connectivity index (χ0v) is 15.6. The molecule has 3 heterocycles. The summed E-state index contributed by atoms with van der Waals surface area (Å²) < 4.78 is 10.7. The zero-order valence-electron chi connectivity index (χ0n) is 14.8. The van der Waals surface area contributed by atoms with Crippen LogP contribution in [0.25, 0.3) is 22.0 Å². The Morgan fingerprint density at radius 2 is 1.96 bits per heavy atom. The zero-order chi connectivity index (χ0) is 19.0. The van der Waals surface area contributed by atoms with Crippen molar-refractivity contribution in [2.75, 3.05) is 0 Å². The first kappa shape index (κ1) is 16.9. The second kappa shape index (κ2) is 6.72. The average molecular weight is 392 g/mol. The van der Waals surface area contributed by atoms with Gasteiger partial charge in [0.25, 0.3) is 0 Å². The molecule has 1 aromatic carbocycles. The minimum absolute atomic E-state index is 0.0991. The lowest BCUT2D eigenvalue weighted by atomic mass is 10.0. The summed E-state index contributed by atoms with van der Waals surface area (Å²) in [5.74, 6) is 1.46. The number of carbonyl (C=O) groups is 1. The monoisotopic (exact) mass is 392 g/mol. The Balaban J connectivity index is 1.27. The summed E-state index contributed by atoms with van der Waals surface area (Å²) in [5, 5.41) is 13.0. The number of hydrogen-bond donors (Lipinski definition) is 1. The predicted molar refractivity (Wildman–Crippen MR) is 102 cm³/mol. The van der Waals surface area contributed by atoms with Gasteiger partial charge in [-0.3, -0.25) is 4.79 Å². The van der Waals surface area contributed by atoms with E-state index in [1.807, 2.05) is 53.9 Å². The summed E-state index contributed by atoms with van der Waals surface area (Å²) in [4.78, 5) is 18.1. The highest BCUT2D eigenvalue weighted by atomic mass is 32.1. The lowest BCUT2D eigenvalue weighted by Crippen LogP contribution is -2.34. The molecule has 0 radical (unpaired) electrons. The van der Waals surface area contributed by atoms with E-state index in [1.54, 1.807) is 11.3 Å². The Bertz CT molecular complexity index is 1100. The Morgan fingerprint density at radius 3 is 2.71 bits per heavy atom. The molecule has 1 aliphatic carbocycles. The first-order chi connectivity index (χ1) is 13.7. The first-order valence-electron chi connectivity index (χ1n) is 8.92. The highest BCUT2D eigenvalue weighted by Gasteiger charge is 2.53. The topological polar surface area (TPSA) is 94.1 Å². The fraction of sp³-hybridized carbons (Fsp3) is 0.200. The number of nitrogens with zero attached hydrogens (tertiary/aromatic N) is 3. The van der Waals surface area contributed by atoms with Crippen LogP contribution >= 0.6 is 11.3 Å². The molecule has 0 aliphatic heterocycles. The maximum Gasteiger partial charge on any atom is 0.246 e. The number of aromatic nitrogens is 3. The number of thiophene rings is 1. The van der Waals surface area contributed by atoms with Crippen molar-refractivity contribution in [3.05, 3.63) is 65.5 Å². The van der Waals surface area contributed by atoms with Gasteiger partial charge in [0.2, 0.25) is 17.6 Å². The number of hydrogen-bond acceptors (Lipinski definition) is 7. The highest BCUT2D eigenvalue weighted by Crippen LogP contribution is 2.48. The highest BCUT2D eigenvalue weighted by molar-refractivity contribution is 7.13. The second-order valence-electron chi connectivity index (χ2n) is 6.70. The molecule has 1 aliphatic rings. The Labute approximate surface area is 164 Å². The van der Waals surface area contributed by atoms with Crippen LogP contribution in [0.2, 0.25) is 0 Å². The van der Waals surface area contributed by atoms with E-state index >= 15 is 0 Å². The summed E-state index contributed by atoms with van der Waals surface area (Å²) in [6.45, 7) is 0.177. The molecule has 0 saturated heterocycles. The molecule has 4 aromatic rings. The van der Waals surface area contributed by atoms with E-state index in [0.717, 1.165) is 23.3 Å². The van der Waals surface area contributed by atoms with Gasteiger partial charge in [0.1, 0.15) is 0 Å². The molecule has 1 fully saturated rings. The van der Waals surface area contributed by atoms with Crippen LogP contribution in [-0.4, -0.2) is 21.2 Å². The Kier molecular flexibility index (Phi) is 4.05. The molecule has 0 bridgehead atoms. The summed E-state index contributed by atoms with van der Waals surface area (Å²) in [5.41, 5.74) is 0.913. The van der Waals surface area contributed by atoms with Gasteiger partial charge in [0.05, 0.1) is 22.5 Å². The van der Waals surface area contributed by atoms with Gasteiger partial charge in [-0.05, 0) is 24.3 Å². The number of rotatable bonds is 6. The van der Waals surface area contributed by atoms with E-state index in [4.69, 9.17) is 9.05 Å². The lowest BCUT2D eigenvalue weighted by molar-refractivity contribution is -0.124. The molecule has 7 nitrogen and oxygen atoms in total. The third-order valence-electron chi connectivity index (χ3n) is 4.85. The van der Waals surface area contributed by atoms with Crippen molar-refractivity contribution in [3.8, 4) is 22.0 Å². The van der Waals surface area contributed by atoms with Crippen LogP contribution in [0.4, 0.5) is 0 Å².